The molecule has 0 saturated heterocycles. The fourth-order valence-corrected chi connectivity index (χ4v) is 2.98. The summed E-state index contributed by atoms with van der Waals surface area (Å²) >= 11 is 0. The van der Waals surface area contributed by atoms with Gasteiger partial charge in [0.2, 0.25) is 0 Å². The second kappa shape index (κ2) is 5.58. The molecule has 0 atom stereocenters. The molecule has 0 aliphatic carbocycles. The van der Waals surface area contributed by atoms with Crippen LogP contribution in [-0.4, -0.2) is 39.3 Å². The molecule has 0 aliphatic heterocycles. The van der Waals surface area contributed by atoms with Crippen LogP contribution in [0.5, 0.6) is 0 Å². The largest absolute Gasteiger partial charge is 0.478 e. The molecule has 6 heteroatoms. The molecular weight excluding hydrogens is 306 g/mol. The molecule has 0 unspecified atom stereocenters. The maximum absolute atomic E-state index is 11.2. The third-order valence-electron chi connectivity index (χ3n) is 4.12. The fraction of sp³-hybridized carbons (Fsp3) is 0.167. The first kappa shape index (κ1) is 14.6. The molecule has 0 fully saturated rings. The molecule has 0 spiro atoms. The number of nitrogens with zero attached hydrogens (tertiary/aromatic N) is 3. The molecule has 0 amide bonds. The van der Waals surface area contributed by atoms with Gasteiger partial charge in [0.1, 0.15) is 5.52 Å². The summed E-state index contributed by atoms with van der Waals surface area (Å²) < 4.78 is 7.27. The van der Waals surface area contributed by atoms with Crippen molar-refractivity contribution in [1.82, 2.24) is 14.5 Å². The van der Waals surface area contributed by atoms with Gasteiger partial charge in [-0.25, -0.2) is 14.8 Å². The summed E-state index contributed by atoms with van der Waals surface area (Å²) in [4.78, 5) is 20.6. The van der Waals surface area contributed by atoms with Gasteiger partial charge in [-0.3, -0.25) is 0 Å². The summed E-state index contributed by atoms with van der Waals surface area (Å²) in [5.41, 5.74) is 4.06. The van der Waals surface area contributed by atoms with Crippen LogP contribution < -0.4 is 0 Å². The molecule has 2 aromatic carbocycles. The van der Waals surface area contributed by atoms with Crippen molar-refractivity contribution in [2.45, 2.75) is 6.54 Å². The van der Waals surface area contributed by atoms with Crippen LogP contribution in [-0.2, 0) is 11.3 Å². The first-order valence-electron chi connectivity index (χ1n) is 7.60. The molecule has 2 aromatic heterocycles. The predicted octanol–water partition coefficient (Wildman–Crippen LogP) is 3.08. The smallest absolute Gasteiger partial charge is 0.335 e. The first-order chi connectivity index (χ1) is 11.7. The normalized spacial score (nSPS) is 11.5. The van der Waals surface area contributed by atoms with Crippen molar-refractivity contribution in [3.8, 4) is 0 Å². The molecule has 0 saturated carbocycles. The maximum Gasteiger partial charge on any atom is 0.335 e. The van der Waals surface area contributed by atoms with E-state index in [-0.39, 0.29) is 5.56 Å². The molecular formula is C18H15N3O3. The van der Waals surface area contributed by atoms with Gasteiger partial charge in [0.05, 0.1) is 28.7 Å². The molecule has 4 rings (SSSR count). The van der Waals surface area contributed by atoms with Crippen molar-refractivity contribution in [1.29, 1.82) is 0 Å². The highest BCUT2D eigenvalue weighted by Gasteiger charge is 2.15. The highest BCUT2D eigenvalue weighted by molar-refractivity contribution is 6.06. The molecule has 2 heterocycles. The number of ether oxygens (including phenoxy) is 1. The van der Waals surface area contributed by atoms with Crippen molar-refractivity contribution in [2.75, 3.05) is 13.7 Å². The van der Waals surface area contributed by atoms with Crippen molar-refractivity contribution >= 4 is 39.1 Å². The SMILES string of the molecule is COCCn1c2ccccc2c2nc3ccc(C(=O)O)cc3nc21. The van der Waals surface area contributed by atoms with E-state index in [1.54, 1.807) is 25.3 Å². The Morgan fingerprint density at radius 2 is 2.00 bits per heavy atom. The van der Waals surface area contributed by atoms with Crippen molar-refractivity contribution in [2.24, 2.45) is 0 Å². The summed E-state index contributed by atoms with van der Waals surface area (Å²) in [6, 6.07) is 12.8. The number of benzene rings is 2. The summed E-state index contributed by atoms with van der Waals surface area (Å²) in [5.74, 6) is -0.973. The molecule has 1 N–H and O–H groups in total. The zero-order chi connectivity index (χ0) is 16.7. The van der Waals surface area contributed by atoms with E-state index < -0.39 is 5.97 Å². The van der Waals surface area contributed by atoms with Crippen molar-refractivity contribution in [3.05, 3.63) is 48.0 Å². The number of carbonyl (C=O) groups is 1. The third-order valence-corrected chi connectivity index (χ3v) is 4.12. The highest BCUT2D eigenvalue weighted by atomic mass is 16.5. The lowest BCUT2D eigenvalue weighted by atomic mass is 10.2. The summed E-state index contributed by atoms with van der Waals surface area (Å²) in [5, 5.41) is 10.2. The van der Waals surface area contributed by atoms with Gasteiger partial charge >= 0.3 is 5.97 Å². The number of fused-ring (bicyclic) bond motifs is 4. The lowest BCUT2D eigenvalue weighted by molar-refractivity contribution is 0.0697. The van der Waals surface area contributed by atoms with Gasteiger partial charge in [-0.1, -0.05) is 18.2 Å². The van der Waals surface area contributed by atoms with Gasteiger partial charge in [0.15, 0.2) is 5.65 Å². The van der Waals surface area contributed by atoms with Crippen LogP contribution in [0, 0.1) is 0 Å². The van der Waals surface area contributed by atoms with Crippen LogP contribution >= 0.6 is 0 Å². The van der Waals surface area contributed by atoms with Gasteiger partial charge in [0.25, 0.3) is 0 Å². The molecule has 0 bridgehead atoms. The molecule has 6 nitrogen and oxygen atoms in total. The topological polar surface area (TPSA) is 77.2 Å². The predicted molar refractivity (Wildman–Crippen MR) is 91.4 cm³/mol. The third kappa shape index (κ3) is 2.19. The molecule has 0 aliphatic rings. The zero-order valence-electron chi connectivity index (χ0n) is 13.1. The minimum Gasteiger partial charge on any atom is -0.478 e. The summed E-state index contributed by atoms with van der Waals surface area (Å²) in [6.45, 7) is 1.21. The van der Waals surface area contributed by atoms with Crippen LogP contribution in [0.3, 0.4) is 0 Å². The van der Waals surface area contributed by atoms with E-state index in [2.05, 4.69) is 4.57 Å². The van der Waals surface area contributed by atoms with Crippen LogP contribution in [0.2, 0.25) is 0 Å². The van der Waals surface area contributed by atoms with Crippen LogP contribution in [0.4, 0.5) is 0 Å². The van der Waals surface area contributed by atoms with E-state index in [1.165, 1.54) is 0 Å². The molecule has 24 heavy (non-hydrogen) atoms. The molecule has 4 aromatic rings. The number of methoxy groups -OCH3 is 1. The summed E-state index contributed by atoms with van der Waals surface area (Å²) in [6.07, 6.45) is 0. The fourth-order valence-electron chi connectivity index (χ4n) is 2.98. The standard InChI is InChI=1S/C18H15N3O3/c1-24-9-8-21-15-5-3-2-4-12(15)16-17(21)20-14-10-11(18(22)23)6-7-13(14)19-16/h2-7,10H,8-9H2,1H3,(H,22,23). The summed E-state index contributed by atoms with van der Waals surface area (Å²) in [7, 11) is 1.66. The molecule has 0 radical (unpaired) electrons. The van der Waals surface area contributed by atoms with Gasteiger partial charge in [-0.15, -0.1) is 0 Å². The van der Waals surface area contributed by atoms with E-state index in [9.17, 15) is 9.90 Å². The van der Waals surface area contributed by atoms with Crippen LogP contribution in [0.25, 0.3) is 33.1 Å². The Morgan fingerprint density at radius 3 is 2.79 bits per heavy atom. The lowest BCUT2D eigenvalue weighted by Gasteiger charge is -2.06. The number of carboxylic acids is 1. The van der Waals surface area contributed by atoms with Crippen molar-refractivity contribution in [3.63, 3.8) is 0 Å². The Kier molecular flexibility index (Phi) is 3.39. The first-order valence-corrected chi connectivity index (χ1v) is 7.60. The molecule has 120 valence electrons. The number of aromatic carboxylic acids is 1. The number of aromatic nitrogens is 3. The number of carboxylic acid groups (broad SMARTS) is 1. The quantitative estimate of drug-likeness (QED) is 0.625. The van der Waals surface area contributed by atoms with E-state index in [0.29, 0.717) is 24.2 Å². The average Bonchev–Trinajstić information content (AvgIpc) is 2.90. The van der Waals surface area contributed by atoms with Crippen molar-refractivity contribution < 1.29 is 14.6 Å². The highest BCUT2D eigenvalue weighted by Crippen LogP contribution is 2.28. The Morgan fingerprint density at radius 1 is 1.17 bits per heavy atom. The Balaban J connectivity index is 2.07. The number of rotatable bonds is 4. The minimum absolute atomic E-state index is 0.204. The van der Waals surface area contributed by atoms with Gasteiger partial charge in [0, 0.05) is 19.0 Å². The van der Waals surface area contributed by atoms with Gasteiger partial charge in [-0.05, 0) is 24.3 Å². The van der Waals surface area contributed by atoms with E-state index in [0.717, 1.165) is 22.1 Å². The average molecular weight is 321 g/mol. The maximum atomic E-state index is 11.2. The number of hydrogen-bond donors (Lipinski definition) is 1. The lowest BCUT2D eigenvalue weighted by Crippen LogP contribution is -2.05. The van der Waals surface area contributed by atoms with E-state index >= 15 is 0 Å². The van der Waals surface area contributed by atoms with E-state index in [4.69, 9.17) is 14.7 Å². The van der Waals surface area contributed by atoms with Gasteiger partial charge in [-0.2, -0.15) is 0 Å². The second-order valence-corrected chi connectivity index (χ2v) is 5.57. The zero-order valence-corrected chi connectivity index (χ0v) is 13.1. The second-order valence-electron chi connectivity index (χ2n) is 5.57. The number of hydrogen-bond acceptors (Lipinski definition) is 4. The van der Waals surface area contributed by atoms with Gasteiger partial charge < -0.3 is 14.4 Å². The minimum atomic E-state index is -0.973. The van der Waals surface area contributed by atoms with E-state index in [1.807, 2.05) is 24.3 Å². The van der Waals surface area contributed by atoms with Crippen LogP contribution in [0.1, 0.15) is 10.4 Å². The Labute approximate surface area is 137 Å². The Hall–Kier alpha value is -2.99. The number of para-hydroxylation sites is 1. The Bertz CT molecular complexity index is 1090. The monoisotopic (exact) mass is 321 g/mol. The van der Waals surface area contributed by atoms with Crippen LogP contribution in [0.15, 0.2) is 42.5 Å².